The Labute approximate surface area is 207 Å². The first-order valence-corrected chi connectivity index (χ1v) is 13.6. The maximum Gasteiger partial charge on any atom is 0.407 e. The van der Waals surface area contributed by atoms with Gasteiger partial charge in [0.05, 0.1) is 13.2 Å². The van der Waals surface area contributed by atoms with Crippen molar-refractivity contribution in [1.29, 1.82) is 0 Å². The van der Waals surface area contributed by atoms with Gasteiger partial charge in [-0.1, -0.05) is 78.6 Å². The van der Waals surface area contributed by atoms with Crippen molar-refractivity contribution in [1.82, 2.24) is 10.2 Å². The van der Waals surface area contributed by atoms with Gasteiger partial charge in [0.15, 0.2) is 0 Å². The molecule has 0 aromatic heterocycles. The zero-order valence-electron chi connectivity index (χ0n) is 22.1. The SMILES string of the molecule is CCCCCCCCCCCCC(CCC(=O)OC(CO)CO)OC(=O)NCCN(CC)CC. The quantitative estimate of drug-likeness (QED) is 0.144. The molecule has 8 nitrogen and oxygen atoms in total. The average molecular weight is 489 g/mol. The molecule has 0 fully saturated rings. The van der Waals surface area contributed by atoms with Gasteiger partial charge in [-0.15, -0.1) is 0 Å². The Morgan fingerprint density at radius 1 is 0.765 bits per heavy atom. The van der Waals surface area contributed by atoms with Crippen LogP contribution in [-0.2, 0) is 14.3 Å². The van der Waals surface area contributed by atoms with E-state index in [1.165, 1.54) is 51.4 Å². The summed E-state index contributed by atoms with van der Waals surface area (Å²) in [6.07, 6.45) is 11.7. The van der Waals surface area contributed by atoms with Crippen molar-refractivity contribution in [2.45, 2.75) is 116 Å². The fourth-order valence-electron chi connectivity index (χ4n) is 3.83. The lowest BCUT2D eigenvalue weighted by molar-refractivity contribution is -0.154. The Morgan fingerprint density at radius 3 is 1.85 bits per heavy atom. The lowest BCUT2D eigenvalue weighted by atomic mass is 10.0. The molecule has 0 aliphatic heterocycles. The molecule has 1 unspecified atom stereocenters. The van der Waals surface area contributed by atoms with Gasteiger partial charge in [0.25, 0.3) is 0 Å². The van der Waals surface area contributed by atoms with E-state index in [-0.39, 0.29) is 12.5 Å². The number of nitrogens with one attached hydrogen (secondary N) is 1. The summed E-state index contributed by atoms with van der Waals surface area (Å²) in [6, 6.07) is 0. The van der Waals surface area contributed by atoms with Gasteiger partial charge >= 0.3 is 12.1 Å². The minimum atomic E-state index is -0.905. The Hall–Kier alpha value is -1.38. The number of nitrogens with zero attached hydrogens (tertiary/aromatic N) is 1. The van der Waals surface area contributed by atoms with Crippen molar-refractivity contribution in [2.24, 2.45) is 0 Å². The van der Waals surface area contributed by atoms with E-state index >= 15 is 0 Å². The number of rotatable bonds is 23. The molecule has 0 rings (SSSR count). The first-order chi connectivity index (χ1) is 16.5. The number of amides is 1. The molecule has 0 saturated heterocycles. The highest BCUT2D eigenvalue weighted by Gasteiger charge is 2.18. The Bertz CT molecular complexity index is 484. The molecule has 3 N–H and O–H groups in total. The van der Waals surface area contributed by atoms with Crippen molar-refractivity contribution in [2.75, 3.05) is 39.4 Å². The van der Waals surface area contributed by atoms with Gasteiger partial charge in [-0.2, -0.15) is 0 Å². The molecule has 1 atom stereocenters. The molecule has 0 radical (unpaired) electrons. The molecule has 0 aromatic carbocycles. The molecule has 202 valence electrons. The predicted octanol–water partition coefficient (Wildman–Crippen LogP) is 4.41. The molecule has 0 aromatic rings. The lowest BCUT2D eigenvalue weighted by Gasteiger charge is -2.21. The summed E-state index contributed by atoms with van der Waals surface area (Å²) in [5.74, 6) is -0.508. The van der Waals surface area contributed by atoms with E-state index < -0.39 is 31.4 Å². The fourth-order valence-corrected chi connectivity index (χ4v) is 3.83. The summed E-state index contributed by atoms with van der Waals surface area (Å²) >= 11 is 0. The van der Waals surface area contributed by atoms with E-state index in [0.29, 0.717) is 19.4 Å². The number of ether oxygens (including phenoxy) is 2. The van der Waals surface area contributed by atoms with Crippen molar-refractivity contribution >= 4 is 12.1 Å². The highest BCUT2D eigenvalue weighted by Crippen LogP contribution is 2.16. The minimum absolute atomic E-state index is 0.0751. The third-order valence-corrected chi connectivity index (χ3v) is 6.12. The second-order valence-electron chi connectivity index (χ2n) is 8.97. The van der Waals surface area contributed by atoms with Gasteiger partial charge in [-0.25, -0.2) is 4.79 Å². The highest BCUT2D eigenvalue weighted by molar-refractivity contribution is 5.70. The van der Waals surface area contributed by atoms with Crippen LogP contribution in [0.4, 0.5) is 4.79 Å². The third-order valence-electron chi connectivity index (χ3n) is 6.12. The topological polar surface area (TPSA) is 108 Å². The van der Waals surface area contributed by atoms with Crippen LogP contribution in [0.25, 0.3) is 0 Å². The molecule has 0 aliphatic rings. The number of carbonyl (C=O) groups is 2. The molecule has 1 amide bonds. The number of aliphatic hydroxyl groups is 2. The van der Waals surface area contributed by atoms with E-state index in [1.54, 1.807) is 0 Å². The maximum atomic E-state index is 12.3. The van der Waals surface area contributed by atoms with Gasteiger partial charge in [0, 0.05) is 19.5 Å². The number of hydrogen-bond acceptors (Lipinski definition) is 7. The number of likely N-dealkylation sites (N-methyl/N-ethyl adjacent to an activating group) is 1. The summed E-state index contributed by atoms with van der Waals surface area (Å²) in [5, 5.41) is 20.9. The Morgan fingerprint density at radius 2 is 1.32 bits per heavy atom. The molecular weight excluding hydrogens is 436 g/mol. The zero-order chi connectivity index (χ0) is 25.4. The van der Waals surface area contributed by atoms with Crippen LogP contribution in [0.15, 0.2) is 0 Å². The standard InChI is InChI=1S/C26H52N2O6/c1-4-7-8-9-10-11-12-13-14-15-16-23(17-18-25(31)33-24(21-29)22-30)34-26(32)27-19-20-28(5-2)6-3/h23-24,29-30H,4-22H2,1-3H3,(H,27,32). The number of hydrogen-bond donors (Lipinski definition) is 3. The molecule has 0 saturated carbocycles. The summed E-state index contributed by atoms with van der Waals surface area (Å²) in [6.45, 7) is 8.70. The fraction of sp³-hybridized carbons (Fsp3) is 0.923. The molecule has 8 heteroatoms. The lowest BCUT2D eigenvalue weighted by Crippen LogP contribution is -2.36. The van der Waals surface area contributed by atoms with Gasteiger partial charge in [-0.3, -0.25) is 4.79 Å². The molecule has 34 heavy (non-hydrogen) atoms. The van der Waals surface area contributed by atoms with Crippen LogP contribution in [0.2, 0.25) is 0 Å². The molecular formula is C26H52N2O6. The Balaban J connectivity index is 4.36. The second-order valence-corrected chi connectivity index (χ2v) is 8.97. The highest BCUT2D eigenvalue weighted by atomic mass is 16.6. The van der Waals surface area contributed by atoms with Gasteiger partial charge in [-0.05, 0) is 32.4 Å². The molecule has 0 spiro atoms. The summed E-state index contributed by atoms with van der Waals surface area (Å²) in [7, 11) is 0. The molecule has 0 heterocycles. The molecule has 0 aliphatic carbocycles. The number of alkyl carbamates (subject to hydrolysis) is 1. The van der Waals surface area contributed by atoms with Gasteiger partial charge < -0.3 is 29.9 Å². The number of aliphatic hydroxyl groups excluding tert-OH is 2. The van der Waals surface area contributed by atoms with Crippen LogP contribution in [0.1, 0.15) is 104 Å². The molecule has 0 bridgehead atoms. The van der Waals surface area contributed by atoms with E-state index in [9.17, 15) is 9.59 Å². The summed E-state index contributed by atoms with van der Waals surface area (Å²) in [4.78, 5) is 26.5. The first-order valence-electron chi connectivity index (χ1n) is 13.6. The number of carbonyl (C=O) groups excluding carboxylic acids is 2. The van der Waals surface area contributed by atoms with E-state index in [1.807, 2.05) is 0 Å². The van der Waals surface area contributed by atoms with Crippen molar-refractivity contribution in [3.63, 3.8) is 0 Å². The Kier molecular flexibility index (Phi) is 22.4. The second kappa shape index (κ2) is 23.4. The zero-order valence-corrected chi connectivity index (χ0v) is 22.1. The van der Waals surface area contributed by atoms with Crippen molar-refractivity contribution in [3.8, 4) is 0 Å². The maximum absolute atomic E-state index is 12.3. The van der Waals surface area contributed by atoms with Gasteiger partial charge in [0.1, 0.15) is 12.2 Å². The van der Waals surface area contributed by atoms with Crippen LogP contribution >= 0.6 is 0 Å². The summed E-state index contributed by atoms with van der Waals surface area (Å²) in [5.41, 5.74) is 0. The van der Waals surface area contributed by atoms with E-state index in [0.717, 1.165) is 32.5 Å². The van der Waals surface area contributed by atoms with Crippen molar-refractivity contribution < 1.29 is 29.3 Å². The monoisotopic (exact) mass is 488 g/mol. The van der Waals surface area contributed by atoms with Crippen LogP contribution in [0.5, 0.6) is 0 Å². The normalized spacial score (nSPS) is 12.2. The predicted molar refractivity (Wildman–Crippen MR) is 136 cm³/mol. The van der Waals surface area contributed by atoms with E-state index in [2.05, 4.69) is 31.0 Å². The third kappa shape index (κ3) is 19.0. The van der Waals surface area contributed by atoms with E-state index in [4.69, 9.17) is 19.7 Å². The van der Waals surface area contributed by atoms with Crippen LogP contribution in [0.3, 0.4) is 0 Å². The average Bonchev–Trinajstić information content (AvgIpc) is 2.84. The summed E-state index contributed by atoms with van der Waals surface area (Å²) < 4.78 is 10.6. The smallest absolute Gasteiger partial charge is 0.407 e. The van der Waals surface area contributed by atoms with Crippen molar-refractivity contribution in [3.05, 3.63) is 0 Å². The van der Waals surface area contributed by atoms with Gasteiger partial charge in [0.2, 0.25) is 0 Å². The van der Waals surface area contributed by atoms with Crippen LogP contribution in [0, 0.1) is 0 Å². The minimum Gasteiger partial charge on any atom is -0.457 e. The first kappa shape index (κ1) is 32.6. The van der Waals surface area contributed by atoms with Crippen LogP contribution < -0.4 is 5.32 Å². The van der Waals surface area contributed by atoms with Crippen LogP contribution in [-0.4, -0.2) is 78.8 Å². The number of esters is 1. The largest absolute Gasteiger partial charge is 0.457 e. The number of unbranched alkanes of at least 4 members (excludes halogenated alkanes) is 9.